The van der Waals surface area contributed by atoms with E-state index in [1.54, 1.807) is 0 Å². The second-order valence-corrected chi connectivity index (χ2v) is 4.26. The van der Waals surface area contributed by atoms with Crippen LogP contribution in [0.1, 0.15) is 25.7 Å². The summed E-state index contributed by atoms with van der Waals surface area (Å²) in [6.07, 6.45) is 3.80. The summed E-state index contributed by atoms with van der Waals surface area (Å²) in [7, 11) is 0. The fraction of sp³-hybridized carbons (Fsp3) is 0.800. The zero-order chi connectivity index (χ0) is 10.8. The predicted octanol–water partition coefficient (Wildman–Crippen LogP) is 0.483. The van der Waals surface area contributed by atoms with E-state index < -0.39 is 12.1 Å². The zero-order valence-corrected chi connectivity index (χ0v) is 8.65. The lowest BCUT2D eigenvalue weighted by Crippen LogP contribution is -2.44. The third-order valence-electron chi connectivity index (χ3n) is 2.97. The minimum absolute atomic E-state index is 0.293. The molecule has 2 rings (SSSR count). The fourth-order valence-electron chi connectivity index (χ4n) is 1.86. The van der Waals surface area contributed by atoms with Crippen molar-refractivity contribution in [1.29, 1.82) is 0 Å². The Balaban J connectivity index is 1.84. The van der Waals surface area contributed by atoms with Gasteiger partial charge in [0, 0.05) is 6.54 Å². The second kappa shape index (κ2) is 4.08. The Morgan fingerprint density at radius 3 is 2.67 bits per heavy atom. The van der Waals surface area contributed by atoms with Crippen LogP contribution in [-0.2, 0) is 9.53 Å². The molecule has 2 amide bonds. The molecular formula is C10H16N2O3. The van der Waals surface area contributed by atoms with Crippen LogP contribution in [0.3, 0.4) is 0 Å². The van der Waals surface area contributed by atoms with Crippen molar-refractivity contribution in [2.24, 2.45) is 11.7 Å². The number of nitrogens with two attached hydrogens (primary N) is 1. The number of ether oxygens (including phenoxy) is 1. The van der Waals surface area contributed by atoms with E-state index in [2.05, 4.69) is 0 Å². The molecule has 0 aromatic heterocycles. The molecule has 2 N–H and O–H groups in total. The predicted molar refractivity (Wildman–Crippen MR) is 53.0 cm³/mol. The third kappa shape index (κ3) is 2.40. The van der Waals surface area contributed by atoms with Gasteiger partial charge < -0.3 is 15.4 Å². The van der Waals surface area contributed by atoms with Gasteiger partial charge in [-0.05, 0) is 31.6 Å². The average Bonchev–Trinajstić information content (AvgIpc) is 2.88. The van der Waals surface area contributed by atoms with Crippen LogP contribution in [0.4, 0.5) is 4.79 Å². The Labute approximate surface area is 88.5 Å². The van der Waals surface area contributed by atoms with Crippen molar-refractivity contribution in [2.45, 2.75) is 31.7 Å². The van der Waals surface area contributed by atoms with Gasteiger partial charge in [-0.2, -0.15) is 0 Å². The van der Waals surface area contributed by atoms with Gasteiger partial charge in [0.2, 0.25) is 0 Å². The van der Waals surface area contributed by atoms with E-state index in [9.17, 15) is 9.59 Å². The highest BCUT2D eigenvalue weighted by Gasteiger charge is 2.35. The molecule has 1 heterocycles. The number of nitrogens with zero attached hydrogens (tertiary/aromatic N) is 1. The number of esters is 1. The molecule has 0 bridgehead atoms. The molecule has 1 saturated carbocycles. The quantitative estimate of drug-likeness (QED) is 0.692. The lowest BCUT2D eigenvalue weighted by molar-refractivity contribution is -0.148. The van der Waals surface area contributed by atoms with E-state index in [1.165, 1.54) is 4.90 Å². The van der Waals surface area contributed by atoms with Crippen LogP contribution in [0.25, 0.3) is 0 Å². The first-order valence-electron chi connectivity index (χ1n) is 5.41. The van der Waals surface area contributed by atoms with Crippen molar-refractivity contribution < 1.29 is 14.3 Å². The monoisotopic (exact) mass is 212 g/mol. The van der Waals surface area contributed by atoms with Crippen LogP contribution in [0.5, 0.6) is 0 Å². The van der Waals surface area contributed by atoms with E-state index in [4.69, 9.17) is 10.5 Å². The largest absolute Gasteiger partial charge is 0.464 e. The number of amides is 2. The number of primary amides is 1. The number of rotatable bonds is 3. The maximum absolute atomic E-state index is 11.6. The maximum Gasteiger partial charge on any atom is 0.328 e. The average molecular weight is 212 g/mol. The highest BCUT2D eigenvalue weighted by atomic mass is 16.5. The Hall–Kier alpha value is -1.26. The molecule has 0 aromatic rings. The summed E-state index contributed by atoms with van der Waals surface area (Å²) in [6.45, 7) is 1.07. The summed E-state index contributed by atoms with van der Waals surface area (Å²) in [4.78, 5) is 24.0. The van der Waals surface area contributed by atoms with Gasteiger partial charge in [-0.15, -0.1) is 0 Å². The molecule has 1 aliphatic carbocycles. The number of urea groups is 1. The molecule has 0 unspecified atom stereocenters. The zero-order valence-electron chi connectivity index (χ0n) is 8.65. The smallest absolute Gasteiger partial charge is 0.328 e. The van der Waals surface area contributed by atoms with Gasteiger partial charge >= 0.3 is 12.0 Å². The number of likely N-dealkylation sites (tertiary alicyclic amines) is 1. The van der Waals surface area contributed by atoms with Crippen molar-refractivity contribution >= 4 is 12.0 Å². The molecule has 15 heavy (non-hydrogen) atoms. The number of hydrogen-bond acceptors (Lipinski definition) is 3. The van der Waals surface area contributed by atoms with Crippen LogP contribution in [0, 0.1) is 5.92 Å². The van der Waals surface area contributed by atoms with Gasteiger partial charge in [0.15, 0.2) is 0 Å². The fourth-order valence-corrected chi connectivity index (χ4v) is 1.86. The maximum atomic E-state index is 11.6. The number of carbonyl (C=O) groups excluding carboxylic acids is 2. The molecule has 84 valence electrons. The van der Waals surface area contributed by atoms with Gasteiger partial charge in [-0.25, -0.2) is 9.59 Å². The van der Waals surface area contributed by atoms with Crippen LogP contribution in [0.15, 0.2) is 0 Å². The summed E-state index contributed by atoms with van der Waals surface area (Å²) >= 11 is 0. The Morgan fingerprint density at radius 1 is 1.33 bits per heavy atom. The van der Waals surface area contributed by atoms with Crippen LogP contribution < -0.4 is 5.73 Å². The first-order valence-corrected chi connectivity index (χ1v) is 5.41. The summed E-state index contributed by atoms with van der Waals surface area (Å²) in [5, 5.41) is 0. The van der Waals surface area contributed by atoms with E-state index in [0.29, 0.717) is 25.5 Å². The van der Waals surface area contributed by atoms with E-state index >= 15 is 0 Å². The molecule has 1 aliphatic heterocycles. The minimum Gasteiger partial charge on any atom is -0.464 e. The van der Waals surface area contributed by atoms with E-state index in [-0.39, 0.29) is 5.97 Å². The molecule has 1 saturated heterocycles. The lowest BCUT2D eigenvalue weighted by Gasteiger charge is -2.20. The first kappa shape index (κ1) is 10.3. The van der Waals surface area contributed by atoms with Crippen LogP contribution in [0.2, 0.25) is 0 Å². The van der Waals surface area contributed by atoms with Gasteiger partial charge in [0.1, 0.15) is 6.04 Å². The molecule has 0 spiro atoms. The SMILES string of the molecule is NC(=O)N1CCC[C@H]1C(=O)OCC1CC1. The van der Waals surface area contributed by atoms with Crippen molar-refractivity contribution in [1.82, 2.24) is 4.90 Å². The summed E-state index contributed by atoms with van der Waals surface area (Å²) in [6, 6.07) is -0.970. The molecule has 5 nitrogen and oxygen atoms in total. The molecule has 5 heteroatoms. The van der Waals surface area contributed by atoms with Crippen LogP contribution in [-0.4, -0.2) is 36.1 Å². The second-order valence-electron chi connectivity index (χ2n) is 4.26. The minimum atomic E-state index is -0.527. The molecule has 0 radical (unpaired) electrons. The van der Waals surface area contributed by atoms with Gasteiger partial charge in [0.05, 0.1) is 6.61 Å². The first-order chi connectivity index (χ1) is 7.18. The highest BCUT2D eigenvalue weighted by Crippen LogP contribution is 2.29. The topological polar surface area (TPSA) is 72.6 Å². The lowest BCUT2D eigenvalue weighted by atomic mass is 10.2. The molecular weight excluding hydrogens is 196 g/mol. The van der Waals surface area contributed by atoms with Crippen LogP contribution >= 0.6 is 0 Å². The van der Waals surface area contributed by atoms with Crippen molar-refractivity contribution in [3.63, 3.8) is 0 Å². The summed E-state index contributed by atoms with van der Waals surface area (Å²) in [5.74, 6) is 0.260. The molecule has 2 fully saturated rings. The van der Waals surface area contributed by atoms with Crippen molar-refractivity contribution in [3.8, 4) is 0 Å². The normalized spacial score (nSPS) is 25.3. The van der Waals surface area contributed by atoms with Gasteiger partial charge in [-0.1, -0.05) is 0 Å². The molecule has 0 aromatic carbocycles. The Morgan fingerprint density at radius 2 is 2.07 bits per heavy atom. The van der Waals surface area contributed by atoms with Crippen molar-refractivity contribution in [2.75, 3.05) is 13.2 Å². The van der Waals surface area contributed by atoms with Gasteiger partial charge in [-0.3, -0.25) is 0 Å². The summed E-state index contributed by atoms with van der Waals surface area (Å²) in [5.41, 5.74) is 5.17. The van der Waals surface area contributed by atoms with Crippen molar-refractivity contribution in [3.05, 3.63) is 0 Å². The molecule has 2 aliphatic rings. The number of hydrogen-bond donors (Lipinski definition) is 1. The number of carbonyl (C=O) groups is 2. The molecule has 1 atom stereocenters. The van der Waals surface area contributed by atoms with E-state index in [1.807, 2.05) is 0 Å². The van der Waals surface area contributed by atoms with Gasteiger partial charge in [0.25, 0.3) is 0 Å². The standard InChI is InChI=1S/C10H16N2O3/c11-10(14)12-5-1-2-8(12)9(13)15-6-7-3-4-7/h7-8H,1-6H2,(H2,11,14)/t8-/m0/s1. The Kier molecular flexibility index (Phi) is 2.79. The third-order valence-corrected chi connectivity index (χ3v) is 2.97. The summed E-state index contributed by atoms with van der Waals surface area (Å²) < 4.78 is 5.14. The highest BCUT2D eigenvalue weighted by molar-refractivity contribution is 5.83. The Bertz CT molecular complexity index is 276. The van der Waals surface area contributed by atoms with E-state index in [0.717, 1.165) is 19.3 Å².